The molecule has 1 N–H and O–H groups in total. The first-order valence-electron chi connectivity index (χ1n) is 8.20. The number of carbonyl (C=O) groups is 1. The minimum atomic E-state index is -3.94. The zero-order valence-corrected chi connectivity index (χ0v) is 16.4. The summed E-state index contributed by atoms with van der Waals surface area (Å²) in [7, 11) is -1.09. The Labute approximate surface area is 162 Å². The number of sulfonamides is 1. The van der Waals surface area contributed by atoms with Gasteiger partial charge in [-0.05, 0) is 36.8 Å². The van der Waals surface area contributed by atoms with E-state index in [0.717, 1.165) is 6.42 Å². The largest absolute Gasteiger partial charge is 0.495 e. The fourth-order valence-corrected chi connectivity index (χ4v) is 4.42. The van der Waals surface area contributed by atoms with E-state index in [1.165, 1.54) is 32.4 Å². The van der Waals surface area contributed by atoms with E-state index in [1.807, 2.05) is 0 Å². The van der Waals surface area contributed by atoms with Crippen LogP contribution in [0.5, 0.6) is 11.5 Å². The highest BCUT2D eigenvalue weighted by atomic mass is 35.5. The van der Waals surface area contributed by atoms with Crippen molar-refractivity contribution in [3.8, 4) is 11.5 Å². The Morgan fingerprint density at radius 2 is 1.81 bits per heavy atom. The second kappa shape index (κ2) is 7.66. The zero-order valence-electron chi connectivity index (χ0n) is 14.9. The standard InChI is InChI=1S/C18H19ClN2O5S/c1-25-15-8-5-12(19)10-17(15)27(23,24)20-13-6-7-14(16(11-13)26-2)21-9-3-4-18(21)22/h5-8,10-11,20H,3-4,9H2,1-2H3. The maximum atomic E-state index is 12.8. The second-order valence-corrected chi connectivity index (χ2v) is 8.02. The Hall–Kier alpha value is -2.45. The highest BCUT2D eigenvalue weighted by molar-refractivity contribution is 7.92. The molecule has 0 spiro atoms. The highest BCUT2D eigenvalue weighted by Crippen LogP contribution is 2.35. The molecule has 1 fully saturated rings. The third-order valence-corrected chi connectivity index (χ3v) is 5.85. The quantitative estimate of drug-likeness (QED) is 0.789. The molecule has 144 valence electrons. The van der Waals surface area contributed by atoms with E-state index in [4.69, 9.17) is 21.1 Å². The van der Waals surface area contributed by atoms with Crippen molar-refractivity contribution in [2.45, 2.75) is 17.7 Å². The summed E-state index contributed by atoms with van der Waals surface area (Å²) in [6.07, 6.45) is 1.27. The maximum absolute atomic E-state index is 12.8. The molecular formula is C18H19ClN2O5S. The van der Waals surface area contributed by atoms with Gasteiger partial charge in [0.05, 0.1) is 25.6 Å². The Morgan fingerprint density at radius 1 is 1.07 bits per heavy atom. The van der Waals surface area contributed by atoms with Crippen LogP contribution in [0.15, 0.2) is 41.3 Å². The molecule has 0 aromatic heterocycles. The minimum absolute atomic E-state index is 0.0188. The summed E-state index contributed by atoms with van der Waals surface area (Å²) in [6, 6.07) is 9.13. The molecule has 0 unspecified atom stereocenters. The molecule has 7 nitrogen and oxygen atoms in total. The lowest BCUT2D eigenvalue weighted by Crippen LogP contribution is -2.24. The maximum Gasteiger partial charge on any atom is 0.265 e. The minimum Gasteiger partial charge on any atom is -0.495 e. The molecule has 9 heteroatoms. The Balaban J connectivity index is 1.93. The van der Waals surface area contributed by atoms with Gasteiger partial charge in [-0.1, -0.05) is 11.6 Å². The first-order chi connectivity index (χ1) is 12.9. The summed E-state index contributed by atoms with van der Waals surface area (Å²) in [6.45, 7) is 0.611. The number of hydrogen-bond donors (Lipinski definition) is 1. The first kappa shape index (κ1) is 19.3. The third kappa shape index (κ3) is 3.96. The lowest BCUT2D eigenvalue weighted by atomic mass is 10.2. The summed E-state index contributed by atoms with van der Waals surface area (Å²) in [5.41, 5.74) is 0.910. The molecule has 1 heterocycles. The number of halogens is 1. The van der Waals surface area contributed by atoms with Crippen LogP contribution in [-0.4, -0.2) is 35.1 Å². The fourth-order valence-electron chi connectivity index (χ4n) is 2.94. The van der Waals surface area contributed by atoms with Crippen LogP contribution in [-0.2, 0) is 14.8 Å². The highest BCUT2D eigenvalue weighted by Gasteiger charge is 2.25. The Morgan fingerprint density at radius 3 is 2.44 bits per heavy atom. The predicted octanol–water partition coefficient (Wildman–Crippen LogP) is 3.28. The Kier molecular flexibility index (Phi) is 5.48. The molecule has 27 heavy (non-hydrogen) atoms. The van der Waals surface area contributed by atoms with Crippen molar-refractivity contribution < 1.29 is 22.7 Å². The van der Waals surface area contributed by atoms with Gasteiger partial charge in [-0.2, -0.15) is 0 Å². The number of nitrogens with one attached hydrogen (secondary N) is 1. The van der Waals surface area contributed by atoms with E-state index < -0.39 is 10.0 Å². The van der Waals surface area contributed by atoms with E-state index in [-0.39, 0.29) is 21.6 Å². The van der Waals surface area contributed by atoms with Crippen LogP contribution in [0.1, 0.15) is 12.8 Å². The number of ether oxygens (including phenoxy) is 2. The summed E-state index contributed by atoms with van der Waals surface area (Å²) in [5.74, 6) is 0.604. The summed E-state index contributed by atoms with van der Waals surface area (Å²) in [4.78, 5) is 13.5. The van der Waals surface area contributed by atoms with E-state index in [2.05, 4.69) is 4.72 Å². The van der Waals surface area contributed by atoms with E-state index in [1.54, 1.807) is 23.1 Å². The number of rotatable bonds is 6. The smallest absolute Gasteiger partial charge is 0.265 e. The van der Waals surface area contributed by atoms with Crippen LogP contribution in [0.2, 0.25) is 5.02 Å². The molecule has 1 aliphatic rings. The molecule has 0 bridgehead atoms. The van der Waals surface area contributed by atoms with Crippen molar-refractivity contribution in [3.63, 3.8) is 0 Å². The van der Waals surface area contributed by atoms with Crippen molar-refractivity contribution in [2.75, 3.05) is 30.4 Å². The zero-order chi connectivity index (χ0) is 19.6. The van der Waals surface area contributed by atoms with Gasteiger partial charge in [0, 0.05) is 24.1 Å². The summed E-state index contributed by atoms with van der Waals surface area (Å²) < 4.78 is 38.5. The Bertz CT molecular complexity index is 978. The van der Waals surface area contributed by atoms with Gasteiger partial charge in [0.25, 0.3) is 10.0 Å². The van der Waals surface area contributed by atoms with Gasteiger partial charge in [0.1, 0.15) is 16.4 Å². The molecule has 0 aliphatic carbocycles. The van der Waals surface area contributed by atoms with Gasteiger partial charge >= 0.3 is 0 Å². The van der Waals surface area contributed by atoms with E-state index >= 15 is 0 Å². The summed E-state index contributed by atoms with van der Waals surface area (Å²) in [5, 5.41) is 0.275. The van der Waals surface area contributed by atoms with Crippen LogP contribution < -0.4 is 19.1 Å². The summed E-state index contributed by atoms with van der Waals surface area (Å²) >= 11 is 5.93. The van der Waals surface area contributed by atoms with Gasteiger partial charge < -0.3 is 14.4 Å². The van der Waals surface area contributed by atoms with Crippen molar-refractivity contribution in [3.05, 3.63) is 41.4 Å². The number of hydrogen-bond acceptors (Lipinski definition) is 5. The first-order valence-corrected chi connectivity index (χ1v) is 10.1. The van der Waals surface area contributed by atoms with Crippen molar-refractivity contribution >= 4 is 38.9 Å². The number of anilines is 2. The van der Waals surface area contributed by atoms with Crippen LogP contribution in [0, 0.1) is 0 Å². The molecular weight excluding hydrogens is 392 g/mol. The van der Waals surface area contributed by atoms with Crippen LogP contribution in [0.4, 0.5) is 11.4 Å². The molecule has 2 aromatic rings. The third-order valence-electron chi connectivity index (χ3n) is 4.21. The predicted molar refractivity (Wildman–Crippen MR) is 103 cm³/mol. The molecule has 0 saturated carbocycles. The molecule has 3 rings (SSSR count). The molecule has 2 aromatic carbocycles. The van der Waals surface area contributed by atoms with Crippen molar-refractivity contribution in [2.24, 2.45) is 0 Å². The monoisotopic (exact) mass is 410 g/mol. The molecule has 1 saturated heterocycles. The number of amides is 1. The van der Waals surface area contributed by atoms with E-state index in [9.17, 15) is 13.2 Å². The van der Waals surface area contributed by atoms with Gasteiger partial charge in [0.15, 0.2) is 0 Å². The van der Waals surface area contributed by atoms with Crippen molar-refractivity contribution in [1.82, 2.24) is 0 Å². The topological polar surface area (TPSA) is 84.9 Å². The van der Waals surface area contributed by atoms with Crippen molar-refractivity contribution in [1.29, 1.82) is 0 Å². The number of methoxy groups -OCH3 is 2. The molecule has 1 aliphatic heterocycles. The van der Waals surface area contributed by atoms with Crippen LogP contribution in [0.3, 0.4) is 0 Å². The number of carbonyl (C=O) groups excluding carboxylic acids is 1. The normalized spacial score (nSPS) is 14.3. The molecule has 1 amide bonds. The van der Waals surface area contributed by atoms with Gasteiger partial charge in [-0.3, -0.25) is 9.52 Å². The lowest BCUT2D eigenvalue weighted by molar-refractivity contribution is -0.117. The fraction of sp³-hybridized carbons (Fsp3) is 0.278. The average molecular weight is 411 g/mol. The van der Waals surface area contributed by atoms with Gasteiger partial charge in [0.2, 0.25) is 5.91 Å². The average Bonchev–Trinajstić information content (AvgIpc) is 3.07. The second-order valence-electron chi connectivity index (χ2n) is 5.94. The number of benzene rings is 2. The lowest BCUT2D eigenvalue weighted by Gasteiger charge is -2.20. The van der Waals surface area contributed by atoms with Gasteiger partial charge in [-0.25, -0.2) is 8.42 Å². The molecule has 0 radical (unpaired) electrons. The SMILES string of the molecule is COc1cc(NS(=O)(=O)c2cc(Cl)ccc2OC)ccc1N1CCCC1=O. The number of nitrogens with zero attached hydrogens (tertiary/aromatic N) is 1. The van der Waals surface area contributed by atoms with Crippen LogP contribution in [0.25, 0.3) is 0 Å². The van der Waals surface area contributed by atoms with Crippen LogP contribution >= 0.6 is 11.6 Å². The van der Waals surface area contributed by atoms with Gasteiger partial charge in [-0.15, -0.1) is 0 Å². The molecule has 0 atom stereocenters. The van der Waals surface area contributed by atoms with E-state index in [0.29, 0.717) is 30.1 Å².